The maximum atomic E-state index is 10.9. The molecule has 4 nitrogen and oxygen atoms in total. The summed E-state index contributed by atoms with van der Waals surface area (Å²) >= 11 is 0. The van der Waals surface area contributed by atoms with Crippen LogP contribution in [0.15, 0.2) is 0 Å². The van der Waals surface area contributed by atoms with Gasteiger partial charge in [-0.05, 0) is 31.8 Å². The van der Waals surface area contributed by atoms with E-state index >= 15 is 0 Å². The molecule has 1 atom stereocenters. The van der Waals surface area contributed by atoms with E-state index in [1.165, 1.54) is 12.8 Å². The lowest BCUT2D eigenvalue weighted by atomic mass is 9.84. The highest BCUT2D eigenvalue weighted by Crippen LogP contribution is 2.28. The molecule has 0 amide bonds. The summed E-state index contributed by atoms with van der Waals surface area (Å²) in [4.78, 5) is 13.1. The third-order valence-corrected chi connectivity index (χ3v) is 3.07. The number of likely N-dealkylation sites (N-methyl/N-ethyl adjacent to an activating group) is 1. The van der Waals surface area contributed by atoms with E-state index in [0.717, 1.165) is 13.1 Å². The van der Waals surface area contributed by atoms with Gasteiger partial charge < -0.3 is 15.3 Å². The van der Waals surface area contributed by atoms with Crippen molar-refractivity contribution in [3.63, 3.8) is 0 Å². The first-order valence-corrected chi connectivity index (χ1v) is 5.57. The number of carbonyl (C=O) groups is 1. The molecule has 1 aliphatic rings. The van der Waals surface area contributed by atoms with Crippen LogP contribution in [-0.2, 0) is 4.79 Å². The summed E-state index contributed by atoms with van der Waals surface area (Å²) in [5.41, 5.74) is 0.328. The summed E-state index contributed by atoms with van der Waals surface area (Å²) in [7, 11) is 1.70. The van der Waals surface area contributed by atoms with Crippen LogP contribution in [0.3, 0.4) is 0 Å². The zero-order valence-electron chi connectivity index (χ0n) is 9.92. The SMILES string of the molecule is CNC(CN1CCCC(C)(C)C1)C(=O)O. The van der Waals surface area contributed by atoms with Crippen molar-refractivity contribution in [3.8, 4) is 0 Å². The van der Waals surface area contributed by atoms with Crippen LogP contribution in [0.25, 0.3) is 0 Å². The zero-order valence-corrected chi connectivity index (χ0v) is 9.92. The van der Waals surface area contributed by atoms with Gasteiger partial charge in [0.2, 0.25) is 0 Å². The van der Waals surface area contributed by atoms with Gasteiger partial charge in [-0.25, -0.2) is 0 Å². The van der Waals surface area contributed by atoms with Crippen molar-refractivity contribution in [1.29, 1.82) is 0 Å². The monoisotopic (exact) mass is 214 g/mol. The molecule has 15 heavy (non-hydrogen) atoms. The van der Waals surface area contributed by atoms with E-state index in [0.29, 0.717) is 12.0 Å². The summed E-state index contributed by atoms with van der Waals surface area (Å²) in [5.74, 6) is -0.763. The van der Waals surface area contributed by atoms with Crippen LogP contribution in [0.2, 0.25) is 0 Å². The van der Waals surface area contributed by atoms with Gasteiger partial charge in [0.1, 0.15) is 6.04 Å². The minimum absolute atomic E-state index is 0.328. The van der Waals surface area contributed by atoms with E-state index < -0.39 is 12.0 Å². The van der Waals surface area contributed by atoms with Gasteiger partial charge >= 0.3 is 5.97 Å². The molecule has 88 valence electrons. The molecule has 0 aliphatic carbocycles. The Morgan fingerprint density at radius 1 is 1.60 bits per heavy atom. The average Bonchev–Trinajstić information content (AvgIpc) is 2.12. The molecule has 0 aromatic heterocycles. The first-order valence-electron chi connectivity index (χ1n) is 5.57. The van der Waals surface area contributed by atoms with Crippen molar-refractivity contribution >= 4 is 5.97 Å². The molecule has 1 fully saturated rings. The highest BCUT2D eigenvalue weighted by molar-refractivity contribution is 5.73. The van der Waals surface area contributed by atoms with Crippen LogP contribution in [-0.4, -0.2) is 48.7 Å². The summed E-state index contributed by atoms with van der Waals surface area (Å²) in [5, 5.41) is 11.8. The fourth-order valence-electron chi connectivity index (χ4n) is 2.25. The standard InChI is InChI=1S/C11H22N2O2/c1-11(2)5-4-6-13(8-11)7-9(12-3)10(14)15/h9,12H,4-8H2,1-3H3,(H,14,15). The normalized spacial score (nSPS) is 23.7. The Morgan fingerprint density at radius 2 is 2.27 bits per heavy atom. The first-order chi connectivity index (χ1) is 6.94. The fraction of sp³-hybridized carbons (Fsp3) is 0.909. The molecule has 0 spiro atoms. The van der Waals surface area contributed by atoms with E-state index in [2.05, 4.69) is 24.1 Å². The molecule has 0 radical (unpaired) electrons. The minimum Gasteiger partial charge on any atom is -0.480 e. The lowest BCUT2D eigenvalue weighted by molar-refractivity contribution is -0.140. The molecule has 0 saturated carbocycles. The molecule has 2 N–H and O–H groups in total. The maximum Gasteiger partial charge on any atom is 0.322 e. The van der Waals surface area contributed by atoms with Crippen LogP contribution >= 0.6 is 0 Å². The van der Waals surface area contributed by atoms with Gasteiger partial charge in [0.15, 0.2) is 0 Å². The summed E-state index contributed by atoms with van der Waals surface area (Å²) in [6.45, 7) is 7.12. The largest absolute Gasteiger partial charge is 0.480 e. The van der Waals surface area contributed by atoms with Gasteiger partial charge in [-0.2, -0.15) is 0 Å². The van der Waals surface area contributed by atoms with Gasteiger partial charge in [-0.3, -0.25) is 4.79 Å². The Balaban J connectivity index is 2.47. The number of aliphatic carboxylic acids is 1. The van der Waals surface area contributed by atoms with Crippen LogP contribution in [0.5, 0.6) is 0 Å². The smallest absolute Gasteiger partial charge is 0.322 e. The number of piperidine rings is 1. The van der Waals surface area contributed by atoms with Crippen molar-refractivity contribution < 1.29 is 9.90 Å². The lowest BCUT2D eigenvalue weighted by Crippen LogP contribution is -2.49. The van der Waals surface area contributed by atoms with Crippen molar-refractivity contribution in [3.05, 3.63) is 0 Å². The summed E-state index contributed by atoms with van der Waals surface area (Å²) < 4.78 is 0. The number of rotatable bonds is 4. The second-order valence-corrected chi connectivity index (χ2v) is 5.18. The Labute approximate surface area is 91.6 Å². The molecular weight excluding hydrogens is 192 g/mol. The highest BCUT2D eigenvalue weighted by atomic mass is 16.4. The van der Waals surface area contributed by atoms with Gasteiger partial charge in [0.25, 0.3) is 0 Å². The number of nitrogens with zero attached hydrogens (tertiary/aromatic N) is 1. The molecule has 0 aromatic carbocycles. The predicted octanol–water partition coefficient (Wildman–Crippen LogP) is 0.781. The Morgan fingerprint density at radius 3 is 2.73 bits per heavy atom. The molecule has 4 heteroatoms. The number of carboxylic acid groups (broad SMARTS) is 1. The molecule has 0 bridgehead atoms. The second-order valence-electron chi connectivity index (χ2n) is 5.18. The van der Waals surface area contributed by atoms with Crippen LogP contribution in [0.1, 0.15) is 26.7 Å². The van der Waals surface area contributed by atoms with E-state index in [9.17, 15) is 4.79 Å². The molecule has 1 saturated heterocycles. The van der Waals surface area contributed by atoms with E-state index in [-0.39, 0.29) is 0 Å². The van der Waals surface area contributed by atoms with Gasteiger partial charge in [0.05, 0.1) is 0 Å². The lowest BCUT2D eigenvalue weighted by Gasteiger charge is -2.38. The van der Waals surface area contributed by atoms with Crippen LogP contribution in [0.4, 0.5) is 0 Å². The van der Waals surface area contributed by atoms with Gasteiger partial charge in [-0.15, -0.1) is 0 Å². The Kier molecular flexibility index (Phi) is 4.11. The predicted molar refractivity (Wildman–Crippen MR) is 59.9 cm³/mol. The molecule has 1 heterocycles. The molecule has 1 aliphatic heterocycles. The van der Waals surface area contributed by atoms with Crippen molar-refractivity contribution in [2.45, 2.75) is 32.7 Å². The molecule has 0 aromatic rings. The van der Waals surface area contributed by atoms with Gasteiger partial charge in [-0.1, -0.05) is 13.8 Å². The first kappa shape index (κ1) is 12.5. The number of hydrogen-bond donors (Lipinski definition) is 2. The quantitative estimate of drug-likeness (QED) is 0.726. The van der Waals surface area contributed by atoms with E-state index in [1.807, 2.05) is 0 Å². The minimum atomic E-state index is -0.763. The van der Waals surface area contributed by atoms with Crippen LogP contribution < -0.4 is 5.32 Å². The topological polar surface area (TPSA) is 52.6 Å². The highest BCUT2D eigenvalue weighted by Gasteiger charge is 2.28. The fourth-order valence-corrected chi connectivity index (χ4v) is 2.25. The van der Waals surface area contributed by atoms with Crippen LogP contribution in [0, 0.1) is 5.41 Å². The van der Waals surface area contributed by atoms with Crippen molar-refractivity contribution in [2.75, 3.05) is 26.7 Å². The average molecular weight is 214 g/mol. The van der Waals surface area contributed by atoms with Crippen molar-refractivity contribution in [1.82, 2.24) is 10.2 Å². The third kappa shape index (κ3) is 3.80. The Hall–Kier alpha value is -0.610. The number of likely N-dealkylation sites (tertiary alicyclic amines) is 1. The van der Waals surface area contributed by atoms with Gasteiger partial charge in [0, 0.05) is 13.1 Å². The maximum absolute atomic E-state index is 10.9. The third-order valence-electron chi connectivity index (χ3n) is 3.07. The van der Waals surface area contributed by atoms with Crippen molar-refractivity contribution in [2.24, 2.45) is 5.41 Å². The summed E-state index contributed by atoms with van der Waals surface area (Å²) in [6, 6.07) is -0.445. The second kappa shape index (κ2) is 4.94. The zero-order chi connectivity index (χ0) is 11.5. The summed E-state index contributed by atoms with van der Waals surface area (Å²) in [6.07, 6.45) is 2.41. The number of carboxylic acids is 1. The molecule has 1 unspecified atom stereocenters. The number of nitrogens with one attached hydrogen (secondary N) is 1. The molecule has 1 rings (SSSR count). The van der Waals surface area contributed by atoms with E-state index in [1.54, 1.807) is 7.05 Å². The Bertz CT molecular complexity index is 229. The molecular formula is C11H22N2O2. The van der Waals surface area contributed by atoms with E-state index in [4.69, 9.17) is 5.11 Å². The number of hydrogen-bond acceptors (Lipinski definition) is 3.